The Kier molecular flexibility index (Phi) is 5.99. The second kappa shape index (κ2) is 8.25. The van der Waals surface area contributed by atoms with Crippen molar-refractivity contribution in [1.29, 1.82) is 0 Å². The van der Waals surface area contributed by atoms with Gasteiger partial charge in [-0.25, -0.2) is 4.79 Å². The Bertz CT molecular complexity index is 780. The van der Waals surface area contributed by atoms with E-state index in [0.29, 0.717) is 23.4 Å². The van der Waals surface area contributed by atoms with Crippen molar-refractivity contribution in [3.63, 3.8) is 0 Å². The van der Waals surface area contributed by atoms with Gasteiger partial charge < -0.3 is 15.2 Å². The Balaban J connectivity index is 1.88. The minimum Gasteiger partial charge on any atom is -0.481 e. The van der Waals surface area contributed by atoms with Crippen LogP contribution < -0.4 is 5.32 Å². The Hall–Kier alpha value is -2.15. The van der Waals surface area contributed by atoms with Crippen LogP contribution in [0.3, 0.4) is 0 Å². The second-order valence-corrected chi connectivity index (χ2v) is 8.46. The quantitative estimate of drug-likeness (QED) is 0.588. The molecule has 2 unspecified atom stereocenters. The number of carboxylic acids is 1. The van der Waals surface area contributed by atoms with Gasteiger partial charge in [-0.1, -0.05) is 12.2 Å². The second-order valence-electron chi connectivity index (χ2n) is 7.35. The lowest BCUT2D eigenvalue weighted by Gasteiger charge is -2.24. The van der Waals surface area contributed by atoms with E-state index in [1.807, 2.05) is 6.08 Å². The third kappa shape index (κ3) is 4.24. The molecular weight excluding hydrogens is 366 g/mol. The number of rotatable bonds is 5. The van der Waals surface area contributed by atoms with Crippen molar-refractivity contribution >= 4 is 34.2 Å². The lowest BCUT2D eigenvalue weighted by atomic mass is 9.82. The Labute approximate surface area is 162 Å². The third-order valence-corrected chi connectivity index (χ3v) is 6.25. The van der Waals surface area contributed by atoms with Gasteiger partial charge in [0.2, 0.25) is 5.91 Å². The van der Waals surface area contributed by atoms with Gasteiger partial charge in [-0.3, -0.25) is 9.59 Å². The maximum Gasteiger partial charge on any atom is 0.341 e. The molecule has 1 aromatic rings. The molecular formula is C20H25NO5S. The number of fused-ring (bicyclic) bond motifs is 1. The minimum atomic E-state index is -0.968. The van der Waals surface area contributed by atoms with Crippen molar-refractivity contribution in [2.45, 2.75) is 58.5 Å². The number of carbonyl (C=O) groups excluding carboxylic acids is 2. The first kappa shape index (κ1) is 19.6. The predicted molar refractivity (Wildman–Crippen MR) is 103 cm³/mol. The first-order valence-electron chi connectivity index (χ1n) is 9.42. The highest BCUT2D eigenvalue weighted by molar-refractivity contribution is 7.17. The number of carboxylic acid groups (broad SMARTS) is 1. The van der Waals surface area contributed by atoms with Crippen molar-refractivity contribution in [1.82, 2.24) is 0 Å². The van der Waals surface area contributed by atoms with E-state index < -0.39 is 23.8 Å². The molecule has 1 heterocycles. The van der Waals surface area contributed by atoms with Crippen molar-refractivity contribution in [3.8, 4) is 0 Å². The fourth-order valence-corrected chi connectivity index (χ4v) is 5.00. The number of hydrogen-bond donors (Lipinski definition) is 2. The summed E-state index contributed by atoms with van der Waals surface area (Å²) in [4.78, 5) is 38.1. The minimum absolute atomic E-state index is 0.250. The van der Waals surface area contributed by atoms with Crippen LogP contribution in [-0.4, -0.2) is 29.1 Å². The first-order chi connectivity index (χ1) is 12.9. The summed E-state index contributed by atoms with van der Waals surface area (Å²) in [5.74, 6) is -3.11. The summed E-state index contributed by atoms with van der Waals surface area (Å²) >= 11 is 1.42. The molecule has 6 nitrogen and oxygen atoms in total. The van der Waals surface area contributed by atoms with E-state index in [1.165, 1.54) is 11.3 Å². The number of esters is 1. The summed E-state index contributed by atoms with van der Waals surface area (Å²) in [5, 5.41) is 12.8. The van der Waals surface area contributed by atoms with Crippen LogP contribution in [0.5, 0.6) is 0 Å². The molecule has 2 aliphatic carbocycles. The average Bonchev–Trinajstić information content (AvgIpc) is 2.98. The van der Waals surface area contributed by atoms with Gasteiger partial charge in [-0.05, 0) is 57.9 Å². The number of nitrogens with one attached hydrogen (secondary N) is 1. The van der Waals surface area contributed by atoms with E-state index in [9.17, 15) is 19.5 Å². The number of allylic oxidation sites excluding steroid dienone is 2. The number of aryl methyl sites for hydroxylation is 1. The molecule has 1 amide bonds. The van der Waals surface area contributed by atoms with Crippen molar-refractivity contribution in [2.75, 3.05) is 5.32 Å². The summed E-state index contributed by atoms with van der Waals surface area (Å²) in [7, 11) is 0. The molecule has 7 heteroatoms. The Morgan fingerprint density at radius 2 is 1.81 bits per heavy atom. The highest BCUT2D eigenvalue weighted by Gasteiger charge is 2.35. The van der Waals surface area contributed by atoms with Crippen LogP contribution >= 0.6 is 11.3 Å². The highest BCUT2D eigenvalue weighted by Crippen LogP contribution is 2.39. The smallest absolute Gasteiger partial charge is 0.341 e. The number of ether oxygens (including phenoxy) is 1. The van der Waals surface area contributed by atoms with Gasteiger partial charge >= 0.3 is 11.9 Å². The molecule has 0 saturated heterocycles. The SMILES string of the molecule is CC(C)OC(=O)c1c(NC(=O)C2CC=CCC2C(=O)O)sc2c1CCCC2. The van der Waals surface area contributed by atoms with E-state index in [0.717, 1.165) is 36.1 Å². The lowest BCUT2D eigenvalue weighted by molar-refractivity contribution is -0.146. The normalized spacial score (nSPS) is 21.6. The van der Waals surface area contributed by atoms with Gasteiger partial charge in [0.25, 0.3) is 0 Å². The van der Waals surface area contributed by atoms with Crippen LogP contribution in [0.4, 0.5) is 5.00 Å². The molecule has 146 valence electrons. The maximum atomic E-state index is 12.8. The third-order valence-electron chi connectivity index (χ3n) is 5.04. The summed E-state index contributed by atoms with van der Waals surface area (Å²) < 4.78 is 5.40. The zero-order valence-electron chi connectivity index (χ0n) is 15.6. The van der Waals surface area contributed by atoms with Crippen molar-refractivity contribution in [2.24, 2.45) is 11.8 Å². The molecule has 2 aliphatic rings. The zero-order chi connectivity index (χ0) is 19.6. The summed E-state index contributed by atoms with van der Waals surface area (Å²) in [6.07, 6.45) is 7.89. The molecule has 0 bridgehead atoms. The highest BCUT2D eigenvalue weighted by atomic mass is 32.1. The number of amides is 1. The summed E-state index contributed by atoms with van der Waals surface area (Å²) in [6.45, 7) is 3.58. The Morgan fingerprint density at radius 1 is 1.15 bits per heavy atom. The van der Waals surface area contributed by atoms with E-state index in [2.05, 4.69) is 5.32 Å². The standard InChI is InChI=1S/C20H25NO5S/c1-11(2)26-20(25)16-14-9-5-6-10-15(14)27-18(16)21-17(22)12-7-3-4-8-13(12)19(23)24/h3-4,11-13H,5-10H2,1-2H3,(H,21,22)(H,23,24). The van der Waals surface area contributed by atoms with E-state index >= 15 is 0 Å². The van der Waals surface area contributed by atoms with E-state index in [1.54, 1.807) is 19.9 Å². The molecule has 0 aliphatic heterocycles. The predicted octanol–water partition coefficient (Wildman–Crippen LogP) is 3.80. The molecule has 0 spiro atoms. The number of thiophene rings is 1. The van der Waals surface area contributed by atoms with Crippen LogP contribution in [0, 0.1) is 11.8 Å². The van der Waals surface area contributed by atoms with E-state index in [-0.39, 0.29) is 12.0 Å². The summed E-state index contributed by atoms with van der Waals surface area (Å²) in [6, 6.07) is 0. The molecule has 0 radical (unpaired) electrons. The molecule has 27 heavy (non-hydrogen) atoms. The van der Waals surface area contributed by atoms with Gasteiger partial charge in [0.15, 0.2) is 0 Å². The topological polar surface area (TPSA) is 92.7 Å². The lowest BCUT2D eigenvalue weighted by Crippen LogP contribution is -2.34. The monoisotopic (exact) mass is 391 g/mol. The largest absolute Gasteiger partial charge is 0.481 e. The molecule has 3 rings (SSSR count). The van der Waals surface area contributed by atoms with Gasteiger partial charge in [-0.2, -0.15) is 0 Å². The molecule has 2 N–H and O–H groups in total. The number of anilines is 1. The van der Waals surface area contributed by atoms with E-state index in [4.69, 9.17) is 4.74 Å². The molecule has 1 aromatic heterocycles. The molecule has 0 saturated carbocycles. The van der Waals surface area contributed by atoms with Gasteiger partial charge in [0, 0.05) is 4.88 Å². The average molecular weight is 391 g/mol. The van der Waals surface area contributed by atoms with Gasteiger partial charge in [0.1, 0.15) is 5.00 Å². The van der Waals surface area contributed by atoms with Crippen LogP contribution in [0.25, 0.3) is 0 Å². The van der Waals surface area contributed by atoms with Crippen molar-refractivity contribution < 1.29 is 24.2 Å². The molecule has 2 atom stereocenters. The number of carbonyl (C=O) groups is 3. The number of hydrogen-bond acceptors (Lipinski definition) is 5. The van der Waals surface area contributed by atoms with Crippen LogP contribution in [-0.2, 0) is 27.2 Å². The van der Waals surface area contributed by atoms with Crippen LogP contribution in [0.1, 0.15) is 60.3 Å². The number of aliphatic carboxylic acids is 1. The zero-order valence-corrected chi connectivity index (χ0v) is 16.4. The fourth-order valence-electron chi connectivity index (χ4n) is 3.72. The molecule has 0 fully saturated rings. The molecule has 0 aromatic carbocycles. The van der Waals surface area contributed by atoms with Gasteiger partial charge in [0.05, 0.1) is 23.5 Å². The fraction of sp³-hybridized carbons (Fsp3) is 0.550. The van der Waals surface area contributed by atoms with Crippen LogP contribution in [0.15, 0.2) is 12.2 Å². The maximum absolute atomic E-state index is 12.8. The van der Waals surface area contributed by atoms with Crippen molar-refractivity contribution in [3.05, 3.63) is 28.2 Å². The first-order valence-corrected chi connectivity index (χ1v) is 10.2. The Morgan fingerprint density at radius 3 is 2.48 bits per heavy atom. The summed E-state index contributed by atoms with van der Waals surface area (Å²) in [5.41, 5.74) is 1.43. The van der Waals surface area contributed by atoms with Crippen LogP contribution in [0.2, 0.25) is 0 Å². The van der Waals surface area contributed by atoms with Gasteiger partial charge in [-0.15, -0.1) is 11.3 Å².